The van der Waals surface area contributed by atoms with Gasteiger partial charge < -0.3 is 5.11 Å². The molecule has 0 aromatic carbocycles. The summed E-state index contributed by atoms with van der Waals surface area (Å²) in [6.07, 6.45) is -3.56. The molecule has 0 radical (unpaired) electrons. The summed E-state index contributed by atoms with van der Waals surface area (Å²) in [5.74, 6) is -1.79. The minimum Gasteiger partial charge on any atom is -0.481 e. The molecule has 1 fully saturated rings. The lowest BCUT2D eigenvalue weighted by Gasteiger charge is -2.27. The van der Waals surface area contributed by atoms with Gasteiger partial charge in [0.05, 0.1) is 6.54 Å². The summed E-state index contributed by atoms with van der Waals surface area (Å²) in [6.45, 7) is -0.125. The zero-order valence-corrected chi connectivity index (χ0v) is 10.1. The van der Waals surface area contributed by atoms with Crippen LogP contribution in [-0.4, -0.2) is 40.2 Å². The van der Waals surface area contributed by atoms with Gasteiger partial charge in [-0.15, -0.1) is 11.3 Å². The van der Waals surface area contributed by atoms with E-state index in [1.807, 2.05) is 0 Å². The van der Waals surface area contributed by atoms with Gasteiger partial charge in [0.2, 0.25) is 0 Å². The number of rotatable bonds is 3. The number of carboxylic acids is 1. The molecule has 0 amide bonds. The predicted octanol–water partition coefficient (Wildman–Crippen LogP) is 1.98. The average molecular weight is 280 g/mol. The van der Waals surface area contributed by atoms with E-state index in [1.54, 1.807) is 11.6 Å². The van der Waals surface area contributed by atoms with Crippen molar-refractivity contribution in [3.63, 3.8) is 0 Å². The van der Waals surface area contributed by atoms with Gasteiger partial charge >= 0.3 is 12.1 Å². The topological polar surface area (TPSA) is 53.4 Å². The molecule has 4 nitrogen and oxygen atoms in total. The molecule has 18 heavy (non-hydrogen) atoms. The third-order valence-electron chi connectivity index (χ3n) is 3.14. The molecular weight excluding hydrogens is 269 g/mol. The van der Waals surface area contributed by atoms with Gasteiger partial charge in [0, 0.05) is 24.7 Å². The SMILES string of the molecule is O=C(O)C1(C(F)(F)F)CCN(Cc2nccs2)C1. The zero-order valence-electron chi connectivity index (χ0n) is 9.28. The number of alkyl halides is 3. The maximum atomic E-state index is 12.9. The first-order chi connectivity index (χ1) is 8.35. The fraction of sp³-hybridized carbons (Fsp3) is 0.600. The minimum atomic E-state index is -4.73. The third kappa shape index (κ3) is 2.22. The van der Waals surface area contributed by atoms with Crippen LogP contribution in [0.25, 0.3) is 0 Å². The molecule has 2 rings (SSSR count). The van der Waals surface area contributed by atoms with Crippen molar-refractivity contribution in [3.05, 3.63) is 16.6 Å². The van der Waals surface area contributed by atoms with Crippen LogP contribution in [0.2, 0.25) is 0 Å². The molecular formula is C10H11F3N2O2S. The van der Waals surface area contributed by atoms with Gasteiger partial charge in [-0.05, 0) is 6.42 Å². The first kappa shape index (κ1) is 13.3. The number of nitrogens with zero attached hydrogens (tertiary/aromatic N) is 2. The fourth-order valence-corrected chi connectivity index (χ4v) is 2.73. The summed E-state index contributed by atoms with van der Waals surface area (Å²) in [6, 6.07) is 0. The van der Waals surface area contributed by atoms with Crippen LogP contribution in [0, 0.1) is 5.41 Å². The van der Waals surface area contributed by atoms with E-state index in [0.717, 1.165) is 0 Å². The molecule has 0 saturated carbocycles. The number of thiazole rings is 1. The highest BCUT2D eigenvalue weighted by Gasteiger charge is 2.63. The van der Waals surface area contributed by atoms with Crippen LogP contribution in [0.15, 0.2) is 11.6 Å². The second kappa shape index (κ2) is 4.51. The summed E-state index contributed by atoms with van der Waals surface area (Å²) in [4.78, 5) is 16.4. The van der Waals surface area contributed by atoms with Gasteiger partial charge in [0.1, 0.15) is 5.01 Å². The monoisotopic (exact) mass is 280 g/mol. The van der Waals surface area contributed by atoms with E-state index in [9.17, 15) is 18.0 Å². The quantitative estimate of drug-likeness (QED) is 0.920. The Bertz CT molecular complexity index is 435. The zero-order chi connectivity index (χ0) is 13.4. The summed E-state index contributed by atoms with van der Waals surface area (Å²) in [7, 11) is 0. The molecule has 0 aliphatic carbocycles. The van der Waals surface area contributed by atoms with Gasteiger partial charge in [-0.3, -0.25) is 9.69 Å². The molecule has 0 bridgehead atoms. The van der Waals surface area contributed by atoms with Gasteiger partial charge in [0.25, 0.3) is 0 Å². The maximum Gasteiger partial charge on any atom is 0.406 e. The Kier molecular flexibility index (Phi) is 3.33. The molecule has 1 aliphatic rings. The smallest absolute Gasteiger partial charge is 0.406 e. The maximum absolute atomic E-state index is 12.9. The lowest BCUT2D eigenvalue weighted by Crippen LogP contribution is -2.47. The molecule has 1 N–H and O–H groups in total. The Morgan fingerprint density at radius 1 is 1.61 bits per heavy atom. The molecule has 0 spiro atoms. The molecule has 1 atom stereocenters. The van der Waals surface area contributed by atoms with E-state index in [4.69, 9.17) is 5.11 Å². The predicted molar refractivity (Wildman–Crippen MR) is 58.1 cm³/mol. The van der Waals surface area contributed by atoms with Crippen molar-refractivity contribution in [2.24, 2.45) is 5.41 Å². The largest absolute Gasteiger partial charge is 0.481 e. The average Bonchev–Trinajstić information content (AvgIpc) is 2.86. The van der Waals surface area contributed by atoms with Crippen LogP contribution in [0.4, 0.5) is 13.2 Å². The number of likely N-dealkylation sites (tertiary alicyclic amines) is 1. The normalized spacial score (nSPS) is 25.5. The Morgan fingerprint density at radius 3 is 2.78 bits per heavy atom. The number of aliphatic carboxylic acids is 1. The van der Waals surface area contributed by atoms with E-state index in [1.165, 1.54) is 16.2 Å². The standard InChI is InChI=1S/C10H11F3N2O2S/c11-10(12,13)9(8(16)17)1-3-15(6-9)5-7-14-2-4-18-7/h2,4H,1,3,5-6H2,(H,16,17). The molecule has 2 heterocycles. The van der Waals surface area contributed by atoms with Gasteiger partial charge in [0.15, 0.2) is 5.41 Å². The number of halogens is 3. The lowest BCUT2D eigenvalue weighted by atomic mass is 9.86. The van der Waals surface area contributed by atoms with Crippen molar-refractivity contribution < 1.29 is 23.1 Å². The van der Waals surface area contributed by atoms with E-state index in [-0.39, 0.29) is 13.1 Å². The van der Waals surface area contributed by atoms with Crippen molar-refractivity contribution >= 4 is 17.3 Å². The van der Waals surface area contributed by atoms with Crippen LogP contribution in [0.5, 0.6) is 0 Å². The Hall–Kier alpha value is -1.15. The number of aromatic nitrogens is 1. The Labute approximate surface area is 105 Å². The van der Waals surface area contributed by atoms with Gasteiger partial charge in [-0.1, -0.05) is 0 Å². The van der Waals surface area contributed by atoms with Crippen LogP contribution >= 0.6 is 11.3 Å². The van der Waals surface area contributed by atoms with E-state index < -0.39 is 30.5 Å². The summed E-state index contributed by atoms with van der Waals surface area (Å²) < 4.78 is 38.7. The molecule has 1 unspecified atom stereocenters. The van der Waals surface area contributed by atoms with E-state index >= 15 is 0 Å². The molecule has 100 valence electrons. The van der Waals surface area contributed by atoms with Crippen molar-refractivity contribution in [1.82, 2.24) is 9.88 Å². The summed E-state index contributed by atoms with van der Waals surface area (Å²) in [5.41, 5.74) is -2.63. The lowest BCUT2D eigenvalue weighted by molar-refractivity contribution is -0.227. The van der Waals surface area contributed by atoms with Crippen molar-refractivity contribution in [2.45, 2.75) is 19.1 Å². The van der Waals surface area contributed by atoms with Gasteiger partial charge in [-0.25, -0.2) is 4.98 Å². The van der Waals surface area contributed by atoms with Crippen LogP contribution in [0.1, 0.15) is 11.4 Å². The van der Waals surface area contributed by atoms with Crippen molar-refractivity contribution in [2.75, 3.05) is 13.1 Å². The van der Waals surface area contributed by atoms with Crippen LogP contribution in [0.3, 0.4) is 0 Å². The van der Waals surface area contributed by atoms with E-state index in [0.29, 0.717) is 5.01 Å². The van der Waals surface area contributed by atoms with Crippen molar-refractivity contribution in [1.29, 1.82) is 0 Å². The number of hydrogen-bond donors (Lipinski definition) is 1. The molecule has 1 aliphatic heterocycles. The van der Waals surface area contributed by atoms with Crippen LogP contribution in [-0.2, 0) is 11.3 Å². The molecule has 8 heteroatoms. The summed E-state index contributed by atoms with van der Waals surface area (Å²) >= 11 is 1.34. The highest BCUT2D eigenvalue weighted by molar-refractivity contribution is 7.09. The molecule has 1 saturated heterocycles. The number of carbonyl (C=O) groups is 1. The summed E-state index contributed by atoms with van der Waals surface area (Å²) in [5, 5.41) is 11.3. The first-order valence-corrected chi connectivity index (χ1v) is 6.14. The third-order valence-corrected chi connectivity index (χ3v) is 3.91. The Morgan fingerprint density at radius 2 is 2.33 bits per heavy atom. The van der Waals surface area contributed by atoms with Crippen LogP contribution < -0.4 is 0 Å². The first-order valence-electron chi connectivity index (χ1n) is 5.26. The van der Waals surface area contributed by atoms with Crippen molar-refractivity contribution in [3.8, 4) is 0 Å². The second-order valence-electron chi connectivity index (χ2n) is 4.27. The fourth-order valence-electron chi connectivity index (χ4n) is 2.07. The Balaban J connectivity index is 2.12. The second-order valence-corrected chi connectivity index (χ2v) is 5.25. The minimum absolute atomic E-state index is 0.116. The van der Waals surface area contributed by atoms with E-state index in [2.05, 4.69) is 4.98 Å². The number of carboxylic acid groups (broad SMARTS) is 1. The highest BCUT2D eigenvalue weighted by atomic mass is 32.1. The van der Waals surface area contributed by atoms with Gasteiger partial charge in [-0.2, -0.15) is 13.2 Å². The highest BCUT2D eigenvalue weighted by Crippen LogP contribution is 2.45. The molecule has 1 aromatic rings. The number of hydrogen-bond acceptors (Lipinski definition) is 4. The molecule has 1 aromatic heterocycles.